The minimum Gasteiger partial charge on any atom is -0.388 e. The van der Waals surface area contributed by atoms with Crippen LogP contribution in [0.5, 0.6) is 0 Å². The first kappa shape index (κ1) is 12.8. The molecule has 2 fully saturated rings. The van der Waals surface area contributed by atoms with Crippen LogP contribution in [0.3, 0.4) is 0 Å². The summed E-state index contributed by atoms with van der Waals surface area (Å²) in [6.45, 7) is 2.05. The van der Waals surface area contributed by atoms with Crippen molar-refractivity contribution in [1.29, 1.82) is 0 Å². The SMILES string of the molecule is CC[C@H]1O[C@@H](n2cnc3c(=O)[nH]c(N)nc32)[C@H](O)C12CC2. The second-order valence-corrected chi connectivity index (χ2v) is 5.88. The summed E-state index contributed by atoms with van der Waals surface area (Å²) in [5.74, 6) is 0.0231. The van der Waals surface area contributed by atoms with Crippen LogP contribution in [-0.4, -0.2) is 36.8 Å². The zero-order valence-electron chi connectivity index (χ0n) is 11.6. The van der Waals surface area contributed by atoms with Gasteiger partial charge in [0, 0.05) is 5.41 Å². The third kappa shape index (κ3) is 1.60. The normalized spacial score (nSPS) is 30.3. The number of nitrogens with one attached hydrogen (secondary N) is 1. The number of imidazole rings is 1. The highest BCUT2D eigenvalue weighted by atomic mass is 16.5. The quantitative estimate of drug-likeness (QED) is 0.724. The summed E-state index contributed by atoms with van der Waals surface area (Å²) < 4.78 is 7.63. The van der Waals surface area contributed by atoms with Gasteiger partial charge in [0.25, 0.3) is 5.56 Å². The molecule has 2 aliphatic rings. The number of hydrogen-bond donors (Lipinski definition) is 3. The van der Waals surface area contributed by atoms with Gasteiger partial charge in [-0.15, -0.1) is 0 Å². The van der Waals surface area contributed by atoms with Crippen molar-refractivity contribution in [3.8, 4) is 0 Å². The molecule has 1 aliphatic heterocycles. The molecule has 4 rings (SSSR count). The van der Waals surface area contributed by atoms with Crippen LogP contribution in [0.4, 0.5) is 5.95 Å². The van der Waals surface area contributed by atoms with Crippen molar-refractivity contribution < 1.29 is 9.84 Å². The van der Waals surface area contributed by atoms with Gasteiger partial charge in [-0.05, 0) is 19.3 Å². The van der Waals surface area contributed by atoms with Gasteiger partial charge in [0.15, 0.2) is 17.4 Å². The molecule has 1 aliphatic carbocycles. The summed E-state index contributed by atoms with van der Waals surface area (Å²) in [5, 5.41) is 10.6. The monoisotopic (exact) mass is 291 g/mol. The molecule has 2 aromatic rings. The number of aliphatic hydroxyl groups is 1. The number of hydrogen-bond acceptors (Lipinski definition) is 6. The van der Waals surface area contributed by atoms with Crippen molar-refractivity contribution in [2.24, 2.45) is 5.41 Å². The molecule has 8 nitrogen and oxygen atoms in total. The van der Waals surface area contributed by atoms with Gasteiger partial charge in [0.05, 0.1) is 12.4 Å². The Bertz CT molecular complexity index is 763. The fourth-order valence-corrected chi connectivity index (χ4v) is 3.46. The summed E-state index contributed by atoms with van der Waals surface area (Å²) >= 11 is 0. The molecular weight excluding hydrogens is 274 g/mol. The zero-order valence-corrected chi connectivity index (χ0v) is 11.6. The minimum atomic E-state index is -0.623. The van der Waals surface area contributed by atoms with Gasteiger partial charge in [-0.3, -0.25) is 14.3 Å². The maximum atomic E-state index is 11.8. The number of aliphatic hydroxyl groups excluding tert-OH is 1. The molecule has 0 bridgehead atoms. The smallest absolute Gasteiger partial charge is 0.280 e. The first-order valence-electron chi connectivity index (χ1n) is 7.12. The summed E-state index contributed by atoms with van der Waals surface area (Å²) in [6, 6.07) is 0. The van der Waals surface area contributed by atoms with Crippen molar-refractivity contribution in [3.63, 3.8) is 0 Å². The van der Waals surface area contributed by atoms with E-state index in [2.05, 4.69) is 15.0 Å². The number of aromatic amines is 1. The van der Waals surface area contributed by atoms with Crippen LogP contribution in [0.2, 0.25) is 0 Å². The molecule has 8 heteroatoms. The summed E-state index contributed by atoms with van der Waals surface area (Å²) in [4.78, 5) is 22.4. The molecule has 0 unspecified atom stereocenters. The second-order valence-electron chi connectivity index (χ2n) is 5.88. The Kier molecular flexibility index (Phi) is 2.46. The van der Waals surface area contributed by atoms with Gasteiger partial charge in [-0.1, -0.05) is 6.92 Å². The number of anilines is 1. The van der Waals surface area contributed by atoms with Crippen LogP contribution in [0.1, 0.15) is 32.4 Å². The van der Waals surface area contributed by atoms with Crippen molar-refractivity contribution in [2.75, 3.05) is 5.73 Å². The molecule has 1 saturated heterocycles. The van der Waals surface area contributed by atoms with Crippen LogP contribution in [0.25, 0.3) is 11.2 Å². The predicted molar refractivity (Wildman–Crippen MR) is 74.4 cm³/mol. The number of fused-ring (bicyclic) bond motifs is 1. The number of nitrogens with two attached hydrogens (primary N) is 1. The van der Waals surface area contributed by atoms with E-state index in [1.165, 1.54) is 6.33 Å². The van der Waals surface area contributed by atoms with E-state index in [9.17, 15) is 9.90 Å². The molecule has 0 aromatic carbocycles. The Labute approximate surface area is 120 Å². The highest BCUT2D eigenvalue weighted by Crippen LogP contribution is 2.61. The molecule has 112 valence electrons. The Balaban J connectivity index is 1.83. The van der Waals surface area contributed by atoms with Crippen molar-refractivity contribution >= 4 is 17.1 Å². The van der Waals surface area contributed by atoms with Crippen LogP contribution in [0, 0.1) is 5.41 Å². The fraction of sp³-hybridized carbons (Fsp3) is 0.615. The maximum Gasteiger partial charge on any atom is 0.280 e. The predicted octanol–water partition coefficient (Wildman–Crippen LogP) is 0.150. The summed E-state index contributed by atoms with van der Waals surface area (Å²) in [7, 11) is 0. The van der Waals surface area contributed by atoms with E-state index in [4.69, 9.17) is 10.5 Å². The third-order valence-corrected chi connectivity index (χ3v) is 4.73. The maximum absolute atomic E-state index is 11.8. The van der Waals surface area contributed by atoms with E-state index >= 15 is 0 Å². The molecular formula is C13H17N5O3. The van der Waals surface area contributed by atoms with E-state index < -0.39 is 17.9 Å². The number of nitrogen functional groups attached to an aromatic ring is 1. The van der Waals surface area contributed by atoms with Gasteiger partial charge in [0.1, 0.15) is 6.10 Å². The molecule has 3 heterocycles. The molecule has 1 saturated carbocycles. The number of aromatic nitrogens is 4. The summed E-state index contributed by atoms with van der Waals surface area (Å²) in [5.41, 5.74) is 5.59. The van der Waals surface area contributed by atoms with E-state index in [0.29, 0.717) is 5.65 Å². The van der Waals surface area contributed by atoms with Crippen LogP contribution >= 0.6 is 0 Å². The molecule has 1 spiro atoms. The standard InChI is InChI=1S/C13H17N5O3/c1-2-6-13(3-4-13)8(19)11(21-6)18-5-15-7-9(18)16-12(14)17-10(7)20/h5-6,8,11,19H,2-4H2,1H3,(H3,14,16,17,20)/t6-,8+,11-/m1/s1. The molecule has 0 radical (unpaired) electrons. The Morgan fingerprint density at radius 2 is 2.38 bits per heavy atom. The Hall–Kier alpha value is -1.93. The molecule has 2 aromatic heterocycles. The lowest BCUT2D eigenvalue weighted by atomic mass is 9.93. The molecule has 21 heavy (non-hydrogen) atoms. The molecule has 0 amide bonds. The number of rotatable bonds is 2. The lowest BCUT2D eigenvalue weighted by Crippen LogP contribution is -2.28. The lowest BCUT2D eigenvalue weighted by molar-refractivity contribution is -0.0355. The van der Waals surface area contributed by atoms with E-state index in [1.54, 1.807) is 4.57 Å². The highest BCUT2D eigenvalue weighted by Gasteiger charge is 2.63. The Morgan fingerprint density at radius 3 is 3.00 bits per heavy atom. The van der Waals surface area contributed by atoms with E-state index in [-0.39, 0.29) is 23.0 Å². The van der Waals surface area contributed by atoms with Crippen LogP contribution < -0.4 is 11.3 Å². The average Bonchev–Trinajstić information content (AvgIpc) is 3.07. The number of ether oxygens (including phenoxy) is 1. The van der Waals surface area contributed by atoms with E-state index in [0.717, 1.165) is 19.3 Å². The van der Waals surface area contributed by atoms with Crippen molar-refractivity contribution in [1.82, 2.24) is 19.5 Å². The van der Waals surface area contributed by atoms with Crippen molar-refractivity contribution in [3.05, 3.63) is 16.7 Å². The highest BCUT2D eigenvalue weighted by molar-refractivity contribution is 5.70. The largest absolute Gasteiger partial charge is 0.388 e. The zero-order chi connectivity index (χ0) is 14.8. The topological polar surface area (TPSA) is 119 Å². The number of nitrogens with zero attached hydrogens (tertiary/aromatic N) is 3. The van der Waals surface area contributed by atoms with Gasteiger partial charge in [-0.25, -0.2) is 4.98 Å². The van der Waals surface area contributed by atoms with Crippen LogP contribution in [0.15, 0.2) is 11.1 Å². The number of H-pyrrole nitrogens is 1. The summed E-state index contributed by atoms with van der Waals surface area (Å²) in [6.07, 6.45) is 3.08. The van der Waals surface area contributed by atoms with Crippen molar-refractivity contribution in [2.45, 2.75) is 44.6 Å². The third-order valence-electron chi connectivity index (χ3n) is 4.73. The fourth-order valence-electron chi connectivity index (χ4n) is 3.46. The second kappa shape index (κ2) is 4.05. The van der Waals surface area contributed by atoms with Crippen LogP contribution in [-0.2, 0) is 4.74 Å². The lowest BCUT2D eigenvalue weighted by Gasteiger charge is -2.18. The van der Waals surface area contributed by atoms with Gasteiger partial charge >= 0.3 is 0 Å². The minimum absolute atomic E-state index is 0.0225. The molecule has 4 N–H and O–H groups in total. The Morgan fingerprint density at radius 1 is 1.62 bits per heavy atom. The molecule has 3 atom stereocenters. The van der Waals surface area contributed by atoms with Gasteiger partial charge in [0.2, 0.25) is 5.95 Å². The average molecular weight is 291 g/mol. The van der Waals surface area contributed by atoms with Gasteiger partial charge in [-0.2, -0.15) is 4.98 Å². The van der Waals surface area contributed by atoms with E-state index in [1.807, 2.05) is 6.92 Å². The first-order valence-corrected chi connectivity index (χ1v) is 7.12. The first-order chi connectivity index (χ1) is 10.1. The van der Waals surface area contributed by atoms with Gasteiger partial charge < -0.3 is 15.6 Å².